The molecule has 7 heteroatoms. The molecule has 0 aliphatic heterocycles. The number of benzene rings is 1. The fraction of sp³-hybridized carbons (Fsp3) is 0.167. The van der Waals surface area contributed by atoms with E-state index in [1.165, 1.54) is 26.5 Å². The molecule has 1 aromatic carbocycles. The summed E-state index contributed by atoms with van der Waals surface area (Å²) in [4.78, 5) is 4.20. The Kier molecular flexibility index (Phi) is 4.76. The smallest absolute Gasteiger partial charge is 0.186 e. The topological polar surface area (TPSA) is 78.6 Å². The summed E-state index contributed by atoms with van der Waals surface area (Å²) >= 11 is 0. The summed E-state index contributed by atoms with van der Waals surface area (Å²) in [6.45, 7) is 0. The van der Waals surface area contributed by atoms with E-state index in [2.05, 4.69) is 4.98 Å². The van der Waals surface area contributed by atoms with Gasteiger partial charge in [-0.25, -0.2) is 8.42 Å². The van der Waals surface area contributed by atoms with Crippen LogP contribution in [-0.4, -0.2) is 27.6 Å². The van der Waals surface area contributed by atoms with E-state index < -0.39 is 9.84 Å². The van der Waals surface area contributed by atoms with Crippen molar-refractivity contribution in [3.8, 4) is 22.8 Å². The van der Waals surface area contributed by atoms with Crippen LogP contribution in [0.1, 0.15) is 5.56 Å². The number of pyridine rings is 1. The van der Waals surface area contributed by atoms with Gasteiger partial charge in [-0.3, -0.25) is 4.98 Å². The van der Waals surface area contributed by atoms with Crippen molar-refractivity contribution in [3.05, 3.63) is 60.6 Å². The van der Waals surface area contributed by atoms with E-state index in [4.69, 9.17) is 13.9 Å². The highest BCUT2D eigenvalue weighted by molar-refractivity contribution is 7.90. The van der Waals surface area contributed by atoms with Gasteiger partial charge in [-0.1, -0.05) is 0 Å². The van der Waals surface area contributed by atoms with Crippen LogP contribution in [-0.2, 0) is 15.6 Å². The molecule has 0 N–H and O–H groups in total. The van der Waals surface area contributed by atoms with Crippen LogP contribution in [0.3, 0.4) is 0 Å². The number of methoxy groups -OCH3 is 2. The minimum absolute atomic E-state index is 0.0813. The summed E-state index contributed by atoms with van der Waals surface area (Å²) in [7, 11) is -0.738. The van der Waals surface area contributed by atoms with Crippen molar-refractivity contribution in [2.45, 2.75) is 10.6 Å². The maximum Gasteiger partial charge on any atom is 0.186 e. The Bertz CT molecular complexity index is 965. The van der Waals surface area contributed by atoms with E-state index >= 15 is 0 Å². The standard InChI is InChI=1S/C18H17NO5S/c1-22-15-5-6-17(23-2)18(9-15)25(20,21)12-13-8-14(11-19-10-13)16-4-3-7-24-16/h3-11H,12H2,1-2H3. The highest BCUT2D eigenvalue weighted by Crippen LogP contribution is 2.31. The third-order valence-electron chi connectivity index (χ3n) is 3.66. The fourth-order valence-electron chi connectivity index (χ4n) is 2.47. The molecule has 0 fully saturated rings. The largest absolute Gasteiger partial charge is 0.497 e. The summed E-state index contributed by atoms with van der Waals surface area (Å²) in [6, 6.07) is 9.98. The van der Waals surface area contributed by atoms with Gasteiger partial charge in [0.2, 0.25) is 0 Å². The molecule has 25 heavy (non-hydrogen) atoms. The van der Waals surface area contributed by atoms with Crippen LogP contribution in [0.5, 0.6) is 11.5 Å². The summed E-state index contributed by atoms with van der Waals surface area (Å²) < 4.78 is 41.4. The number of hydrogen-bond acceptors (Lipinski definition) is 6. The molecular formula is C18H17NO5S. The van der Waals surface area contributed by atoms with Gasteiger partial charge < -0.3 is 13.9 Å². The Labute approximate surface area is 146 Å². The SMILES string of the molecule is COc1ccc(OC)c(S(=O)(=O)Cc2cncc(-c3ccco3)c2)c1. The van der Waals surface area contributed by atoms with Gasteiger partial charge in [0.1, 0.15) is 22.2 Å². The van der Waals surface area contributed by atoms with Gasteiger partial charge in [-0.05, 0) is 35.9 Å². The predicted molar refractivity (Wildman–Crippen MR) is 92.4 cm³/mol. The zero-order valence-electron chi connectivity index (χ0n) is 13.8. The predicted octanol–water partition coefficient (Wildman–Crippen LogP) is 3.33. The molecule has 130 valence electrons. The molecule has 3 rings (SSSR count). The van der Waals surface area contributed by atoms with Crippen LogP contribution >= 0.6 is 0 Å². The third kappa shape index (κ3) is 3.66. The van der Waals surface area contributed by atoms with Gasteiger partial charge in [0, 0.05) is 24.0 Å². The van der Waals surface area contributed by atoms with Crippen LogP contribution in [0.4, 0.5) is 0 Å². The van der Waals surface area contributed by atoms with E-state index in [-0.39, 0.29) is 16.4 Å². The van der Waals surface area contributed by atoms with E-state index in [1.807, 2.05) is 0 Å². The highest BCUT2D eigenvalue weighted by atomic mass is 32.2. The molecule has 0 atom stereocenters. The number of hydrogen-bond donors (Lipinski definition) is 0. The number of aromatic nitrogens is 1. The van der Waals surface area contributed by atoms with Gasteiger partial charge in [-0.15, -0.1) is 0 Å². The minimum Gasteiger partial charge on any atom is -0.497 e. The molecule has 2 aromatic heterocycles. The highest BCUT2D eigenvalue weighted by Gasteiger charge is 2.22. The van der Waals surface area contributed by atoms with Gasteiger partial charge >= 0.3 is 0 Å². The summed E-state index contributed by atoms with van der Waals surface area (Å²) in [5.74, 6) is 1.14. The average Bonchev–Trinajstić information content (AvgIpc) is 3.15. The lowest BCUT2D eigenvalue weighted by Gasteiger charge is -2.11. The maximum atomic E-state index is 12.9. The number of nitrogens with zero attached hydrogens (tertiary/aromatic N) is 1. The quantitative estimate of drug-likeness (QED) is 0.672. The Morgan fingerprint density at radius 2 is 1.92 bits per heavy atom. The number of ether oxygens (including phenoxy) is 2. The van der Waals surface area contributed by atoms with Gasteiger partial charge in [0.25, 0.3) is 0 Å². The monoisotopic (exact) mass is 359 g/mol. The summed E-state index contributed by atoms with van der Waals surface area (Å²) in [6.07, 6.45) is 4.71. The summed E-state index contributed by atoms with van der Waals surface area (Å²) in [5.41, 5.74) is 1.27. The Hall–Kier alpha value is -2.80. The van der Waals surface area contributed by atoms with Crippen LogP contribution in [0, 0.1) is 0 Å². The molecule has 0 amide bonds. The fourth-order valence-corrected chi connectivity index (χ4v) is 3.97. The average molecular weight is 359 g/mol. The third-order valence-corrected chi connectivity index (χ3v) is 5.37. The molecule has 0 spiro atoms. The first kappa shape index (κ1) is 17.0. The van der Waals surface area contributed by atoms with Crippen LogP contribution < -0.4 is 9.47 Å². The maximum absolute atomic E-state index is 12.9. The molecule has 2 heterocycles. The molecule has 0 saturated carbocycles. The van der Waals surface area contributed by atoms with Crippen LogP contribution in [0.2, 0.25) is 0 Å². The second-order valence-corrected chi connectivity index (χ2v) is 7.29. The lowest BCUT2D eigenvalue weighted by Crippen LogP contribution is -2.07. The summed E-state index contributed by atoms with van der Waals surface area (Å²) in [5, 5.41) is 0. The van der Waals surface area contributed by atoms with Crippen molar-refractivity contribution in [1.29, 1.82) is 0 Å². The Morgan fingerprint density at radius 3 is 2.60 bits per heavy atom. The zero-order valence-corrected chi connectivity index (χ0v) is 14.6. The van der Waals surface area contributed by atoms with Crippen molar-refractivity contribution in [2.75, 3.05) is 14.2 Å². The van der Waals surface area contributed by atoms with E-state index in [1.54, 1.807) is 42.8 Å². The molecular weight excluding hydrogens is 342 g/mol. The first-order chi connectivity index (χ1) is 12.0. The number of rotatable bonds is 6. The zero-order chi connectivity index (χ0) is 17.9. The molecule has 0 aliphatic rings. The van der Waals surface area contributed by atoms with Crippen molar-refractivity contribution < 1.29 is 22.3 Å². The molecule has 0 saturated heterocycles. The molecule has 0 radical (unpaired) electrons. The normalized spacial score (nSPS) is 11.3. The van der Waals surface area contributed by atoms with E-state index in [0.29, 0.717) is 17.1 Å². The van der Waals surface area contributed by atoms with Crippen molar-refractivity contribution in [1.82, 2.24) is 4.98 Å². The number of sulfone groups is 1. The first-order valence-corrected chi connectivity index (χ1v) is 9.11. The second-order valence-electron chi connectivity index (χ2n) is 5.34. The Morgan fingerprint density at radius 1 is 1.08 bits per heavy atom. The number of furan rings is 1. The molecule has 6 nitrogen and oxygen atoms in total. The molecule has 3 aromatic rings. The van der Waals surface area contributed by atoms with Crippen molar-refractivity contribution in [3.63, 3.8) is 0 Å². The van der Waals surface area contributed by atoms with Crippen LogP contribution in [0.25, 0.3) is 11.3 Å². The second kappa shape index (κ2) is 6.98. The van der Waals surface area contributed by atoms with Gasteiger partial charge in [-0.2, -0.15) is 0 Å². The van der Waals surface area contributed by atoms with Crippen molar-refractivity contribution in [2.24, 2.45) is 0 Å². The van der Waals surface area contributed by atoms with Crippen LogP contribution in [0.15, 0.2) is 64.4 Å². The lowest BCUT2D eigenvalue weighted by molar-refractivity contribution is 0.392. The molecule has 0 unspecified atom stereocenters. The molecule has 0 bridgehead atoms. The lowest BCUT2D eigenvalue weighted by atomic mass is 10.2. The van der Waals surface area contributed by atoms with E-state index in [0.717, 1.165) is 5.56 Å². The van der Waals surface area contributed by atoms with Crippen molar-refractivity contribution >= 4 is 9.84 Å². The Balaban J connectivity index is 1.96. The first-order valence-electron chi connectivity index (χ1n) is 7.46. The van der Waals surface area contributed by atoms with E-state index in [9.17, 15) is 8.42 Å². The molecule has 0 aliphatic carbocycles. The minimum atomic E-state index is -3.65. The van der Waals surface area contributed by atoms with Gasteiger partial charge in [0.15, 0.2) is 9.84 Å². The van der Waals surface area contributed by atoms with Gasteiger partial charge in [0.05, 0.1) is 26.2 Å².